The van der Waals surface area contributed by atoms with Crippen LogP contribution in [0.15, 0.2) is 15.8 Å². The Bertz CT molecular complexity index is 569. The Morgan fingerprint density at radius 2 is 1.89 bits per heavy atom. The molecule has 0 spiro atoms. The molecule has 2 rings (SSSR count). The van der Waals surface area contributed by atoms with Crippen LogP contribution in [0.3, 0.4) is 0 Å². The topological polar surface area (TPSA) is 95.4 Å². The van der Waals surface area contributed by atoms with Crippen molar-refractivity contribution in [1.82, 2.24) is 14.5 Å². The average molecular weight is 267 g/mol. The maximum absolute atomic E-state index is 11.6. The molecule has 1 aliphatic rings. The molecule has 1 aromatic rings. The lowest BCUT2D eigenvalue weighted by Crippen LogP contribution is -2.38. The van der Waals surface area contributed by atoms with Crippen LogP contribution in [0.1, 0.15) is 29.6 Å². The fourth-order valence-corrected chi connectivity index (χ4v) is 2.26. The molecule has 104 valence electrons. The molecule has 0 saturated carbocycles. The monoisotopic (exact) mass is 267 g/mol. The number of H-pyrrole nitrogens is 1. The molecule has 1 aromatic heterocycles. The van der Waals surface area contributed by atoms with Crippen LogP contribution >= 0.6 is 0 Å². The number of carboxylic acid groups (broad SMARTS) is 1. The lowest BCUT2D eigenvalue weighted by Gasteiger charge is -2.26. The van der Waals surface area contributed by atoms with Gasteiger partial charge in [-0.15, -0.1) is 0 Å². The minimum Gasteiger partial charge on any atom is -0.477 e. The molecule has 7 nitrogen and oxygen atoms in total. The highest BCUT2D eigenvalue weighted by Gasteiger charge is 2.13. The van der Waals surface area contributed by atoms with Crippen LogP contribution in [-0.4, -0.2) is 45.2 Å². The molecule has 1 fully saturated rings. The summed E-state index contributed by atoms with van der Waals surface area (Å²) in [5, 5.41) is 8.85. The van der Waals surface area contributed by atoms with Crippen molar-refractivity contribution in [3.05, 3.63) is 32.6 Å². The van der Waals surface area contributed by atoms with Gasteiger partial charge >= 0.3 is 11.7 Å². The zero-order valence-electron chi connectivity index (χ0n) is 10.6. The van der Waals surface area contributed by atoms with E-state index in [1.807, 2.05) is 4.98 Å². The molecule has 0 unspecified atom stereocenters. The molecule has 2 N–H and O–H groups in total. The molecule has 1 aliphatic heterocycles. The second-order valence-corrected chi connectivity index (χ2v) is 4.70. The van der Waals surface area contributed by atoms with E-state index >= 15 is 0 Å². The third kappa shape index (κ3) is 3.31. The molecule has 0 radical (unpaired) electrons. The summed E-state index contributed by atoms with van der Waals surface area (Å²) in [6.07, 6.45) is 4.66. The van der Waals surface area contributed by atoms with Crippen molar-refractivity contribution in [2.45, 2.75) is 25.8 Å². The van der Waals surface area contributed by atoms with Gasteiger partial charge in [0.15, 0.2) is 0 Å². The Labute approximate surface area is 109 Å². The lowest BCUT2D eigenvalue weighted by atomic mass is 10.1. The predicted octanol–water partition coefficient (Wildman–Crippen LogP) is -0.279. The molecule has 2 heterocycles. The summed E-state index contributed by atoms with van der Waals surface area (Å²) in [6.45, 7) is 3.08. The van der Waals surface area contributed by atoms with Gasteiger partial charge in [-0.1, -0.05) is 6.42 Å². The maximum Gasteiger partial charge on any atom is 0.342 e. The number of carbonyl (C=O) groups is 1. The van der Waals surface area contributed by atoms with Gasteiger partial charge in [-0.25, -0.2) is 9.59 Å². The van der Waals surface area contributed by atoms with Crippen LogP contribution in [0.5, 0.6) is 0 Å². The summed E-state index contributed by atoms with van der Waals surface area (Å²) in [5.41, 5.74) is -1.82. The number of aromatic amines is 1. The van der Waals surface area contributed by atoms with E-state index in [-0.39, 0.29) is 0 Å². The van der Waals surface area contributed by atoms with Gasteiger partial charge in [-0.2, -0.15) is 0 Å². The standard InChI is InChI=1S/C12H17N3O4/c16-10-9(11(17)18)8-15(12(19)13-10)7-6-14-4-2-1-3-5-14/h8H,1-7H2,(H,17,18)(H,13,16,19). The summed E-state index contributed by atoms with van der Waals surface area (Å²) in [7, 11) is 0. The van der Waals surface area contributed by atoms with Crippen LogP contribution in [-0.2, 0) is 6.54 Å². The number of carboxylic acids is 1. The van der Waals surface area contributed by atoms with Crippen molar-refractivity contribution in [3.63, 3.8) is 0 Å². The van der Waals surface area contributed by atoms with E-state index in [1.165, 1.54) is 11.0 Å². The number of likely N-dealkylation sites (tertiary alicyclic amines) is 1. The normalized spacial score (nSPS) is 16.4. The molecule has 1 saturated heterocycles. The number of hydrogen-bond acceptors (Lipinski definition) is 4. The first-order valence-corrected chi connectivity index (χ1v) is 6.37. The zero-order chi connectivity index (χ0) is 13.8. The fraction of sp³-hybridized carbons (Fsp3) is 0.583. The number of nitrogens with one attached hydrogen (secondary N) is 1. The minimum absolute atomic E-state index is 0.385. The molecule has 0 atom stereocenters. The average Bonchev–Trinajstić information content (AvgIpc) is 2.38. The summed E-state index contributed by atoms with van der Waals surface area (Å²) < 4.78 is 1.25. The molecular weight excluding hydrogens is 250 g/mol. The van der Waals surface area contributed by atoms with Gasteiger partial charge in [-0.05, 0) is 25.9 Å². The fourth-order valence-electron chi connectivity index (χ4n) is 2.26. The maximum atomic E-state index is 11.6. The Morgan fingerprint density at radius 1 is 1.21 bits per heavy atom. The van der Waals surface area contributed by atoms with Gasteiger partial charge in [0.1, 0.15) is 5.56 Å². The van der Waals surface area contributed by atoms with Gasteiger partial charge in [0.25, 0.3) is 5.56 Å². The Hall–Kier alpha value is -1.89. The summed E-state index contributed by atoms with van der Waals surface area (Å²) in [5.74, 6) is -1.33. The Balaban J connectivity index is 2.11. The molecule has 0 aliphatic carbocycles. The summed E-state index contributed by atoms with van der Waals surface area (Å²) in [4.78, 5) is 38.0. The number of aromatic carboxylic acids is 1. The number of aromatic nitrogens is 2. The van der Waals surface area contributed by atoms with E-state index in [9.17, 15) is 14.4 Å². The van der Waals surface area contributed by atoms with E-state index in [2.05, 4.69) is 4.90 Å². The molecular formula is C12H17N3O4. The Morgan fingerprint density at radius 3 is 2.53 bits per heavy atom. The molecule has 7 heteroatoms. The van der Waals surface area contributed by atoms with Gasteiger partial charge in [0, 0.05) is 19.3 Å². The summed E-state index contributed by atoms with van der Waals surface area (Å²) >= 11 is 0. The van der Waals surface area contributed by atoms with Crippen LogP contribution in [0, 0.1) is 0 Å². The zero-order valence-corrected chi connectivity index (χ0v) is 10.6. The van der Waals surface area contributed by atoms with Gasteiger partial charge < -0.3 is 10.0 Å². The molecule has 0 bridgehead atoms. The van der Waals surface area contributed by atoms with E-state index in [1.54, 1.807) is 0 Å². The number of nitrogens with zero attached hydrogens (tertiary/aromatic N) is 2. The highest BCUT2D eigenvalue weighted by atomic mass is 16.4. The minimum atomic E-state index is -1.33. The third-order valence-corrected chi connectivity index (χ3v) is 3.35. The van der Waals surface area contributed by atoms with Crippen molar-refractivity contribution in [3.8, 4) is 0 Å². The first kappa shape index (κ1) is 13.5. The second kappa shape index (κ2) is 5.83. The van der Waals surface area contributed by atoms with Crippen LogP contribution in [0.25, 0.3) is 0 Å². The SMILES string of the molecule is O=C(O)c1cn(CCN2CCCCC2)c(=O)[nH]c1=O. The van der Waals surface area contributed by atoms with Crippen LogP contribution in [0.4, 0.5) is 0 Å². The van der Waals surface area contributed by atoms with Gasteiger partial charge in [-0.3, -0.25) is 14.3 Å². The first-order valence-electron chi connectivity index (χ1n) is 6.37. The predicted molar refractivity (Wildman–Crippen MR) is 68.6 cm³/mol. The number of rotatable bonds is 4. The van der Waals surface area contributed by atoms with Crippen molar-refractivity contribution in [2.24, 2.45) is 0 Å². The quantitative estimate of drug-likeness (QED) is 0.782. The van der Waals surface area contributed by atoms with E-state index < -0.39 is 22.8 Å². The van der Waals surface area contributed by atoms with Crippen LogP contribution in [0.2, 0.25) is 0 Å². The Kier molecular flexibility index (Phi) is 4.16. The smallest absolute Gasteiger partial charge is 0.342 e. The highest BCUT2D eigenvalue weighted by molar-refractivity contribution is 5.86. The molecule has 0 aromatic carbocycles. The van der Waals surface area contributed by atoms with Crippen LogP contribution < -0.4 is 11.2 Å². The largest absolute Gasteiger partial charge is 0.477 e. The molecule has 0 amide bonds. The van der Waals surface area contributed by atoms with E-state index in [0.29, 0.717) is 13.1 Å². The summed E-state index contributed by atoms with van der Waals surface area (Å²) in [6, 6.07) is 0. The van der Waals surface area contributed by atoms with Gasteiger partial charge in [0.2, 0.25) is 0 Å². The highest BCUT2D eigenvalue weighted by Crippen LogP contribution is 2.07. The van der Waals surface area contributed by atoms with Crippen molar-refractivity contribution in [1.29, 1.82) is 0 Å². The van der Waals surface area contributed by atoms with E-state index in [4.69, 9.17) is 5.11 Å². The van der Waals surface area contributed by atoms with Gasteiger partial charge in [0.05, 0.1) is 0 Å². The lowest BCUT2D eigenvalue weighted by molar-refractivity contribution is 0.0693. The van der Waals surface area contributed by atoms with Crippen molar-refractivity contribution < 1.29 is 9.90 Å². The second-order valence-electron chi connectivity index (χ2n) is 4.70. The third-order valence-electron chi connectivity index (χ3n) is 3.35. The van der Waals surface area contributed by atoms with Crippen molar-refractivity contribution in [2.75, 3.05) is 19.6 Å². The van der Waals surface area contributed by atoms with E-state index in [0.717, 1.165) is 32.1 Å². The van der Waals surface area contributed by atoms with Crippen molar-refractivity contribution >= 4 is 5.97 Å². The number of piperidine rings is 1. The first-order chi connectivity index (χ1) is 9.08. The number of hydrogen-bond donors (Lipinski definition) is 2. The molecule has 19 heavy (non-hydrogen) atoms.